The summed E-state index contributed by atoms with van der Waals surface area (Å²) in [4.78, 5) is 0. The first kappa shape index (κ1) is 10.9. The molecule has 0 radical (unpaired) electrons. The van der Waals surface area contributed by atoms with Gasteiger partial charge >= 0.3 is 0 Å². The molecule has 0 unspecified atom stereocenters. The maximum atomic E-state index is 3.68. The highest BCUT2D eigenvalue weighted by Gasteiger charge is 2.13. The third kappa shape index (κ3) is 2.91. The Labute approximate surface area is 96.7 Å². The quantitative estimate of drug-likeness (QED) is 0.837. The highest BCUT2D eigenvalue weighted by atomic mass is 32.2. The van der Waals surface area contributed by atoms with Crippen LogP contribution in [0.25, 0.3) is 0 Å². The topological polar surface area (TPSA) is 12.0 Å². The number of aryl methyl sites for hydroxylation is 1. The van der Waals surface area contributed by atoms with Crippen LogP contribution in [0.5, 0.6) is 0 Å². The number of anilines is 1. The van der Waals surface area contributed by atoms with Gasteiger partial charge in [0.2, 0.25) is 0 Å². The van der Waals surface area contributed by atoms with E-state index in [4.69, 9.17) is 0 Å². The molecule has 1 aliphatic heterocycles. The molecule has 0 spiro atoms. The Balaban J connectivity index is 2.02. The molecule has 1 heterocycles. The lowest BCUT2D eigenvalue weighted by atomic mass is 10.1. The van der Waals surface area contributed by atoms with Crippen molar-refractivity contribution in [3.63, 3.8) is 0 Å². The molecule has 0 saturated carbocycles. The third-order valence-electron chi connectivity index (χ3n) is 2.92. The number of hydrogen-bond acceptors (Lipinski definition) is 2. The van der Waals surface area contributed by atoms with Crippen molar-refractivity contribution in [3.8, 4) is 0 Å². The maximum absolute atomic E-state index is 3.68. The lowest BCUT2D eigenvalue weighted by Crippen LogP contribution is -2.26. The van der Waals surface area contributed by atoms with E-state index in [0.29, 0.717) is 6.04 Å². The zero-order chi connectivity index (χ0) is 10.5. The monoisotopic (exact) mass is 221 g/mol. The van der Waals surface area contributed by atoms with Gasteiger partial charge in [-0.05, 0) is 36.6 Å². The second kappa shape index (κ2) is 5.45. The van der Waals surface area contributed by atoms with Crippen molar-refractivity contribution in [1.82, 2.24) is 0 Å². The van der Waals surface area contributed by atoms with Crippen LogP contribution in [0.15, 0.2) is 24.3 Å². The van der Waals surface area contributed by atoms with Gasteiger partial charge in [0.1, 0.15) is 0 Å². The second-order valence-electron chi connectivity index (χ2n) is 4.07. The van der Waals surface area contributed by atoms with Crippen molar-refractivity contribution in [3.05, 3.63) is 29.8 Å². The van der Waals surface area contributed by atoms with E-state index in [1.54, 1.807) is 0 Å². The minimum absolute atomic E-state index is 0.677. The molecule has 1 atom stereocenters. The van der Waals surface area contributed by atoms with E-state index in [0.717, 1.165) is 6.42 Å². The van der Waals surface area contributed by atoms with Crippen molar-refractivity contribution in [2.75, 3.05) is 16.8 Å². The van der Waals surface area contributed by atoms with Gasteiger partial charge in [-0.15, -0.1) is 0 Å². The van der Waals surface area contributed by atoms with E-state index < -0.39 is 0 Å². The predicted molar refractivity (Wildman–Crippen MR) is 69.8 cm³/mol. The first-order valence-corrected chi connectivity index (χ1v) is 6.98. The minimum atomic E-state index is 0.677. The number of nitrogens with one attached hydrogen (secondary N) is 1. The fourth-order valence-corrected chi connectivity index (χ4v) is 3.12. The number of benzene rings is 1. The second-order valence-corrected chi connectivity index (χ2v) is 5.22. The van der Waals surface area contributed by atoms with Gasteiger partial charge in [0.15, 0.2) is 0 Å². The summed E-state index contributed by atoms with van der Waals surface area (Å²) in [5, 5.41) is 3.68. The smallest absolute Gasteiger partial charge is 0.0375 e. The molecule has 1 nitrogen and oxygen atoms in total. The molecule has 82 valence electrons. The van der Waals surface area contributed by atoms with Crippen LogP contribution in [0.3, 0.4) is 0 Å². The molecule has 15 heavy (non-hydrogen) atoms. The molecule has 1 N–H and O–H groups in total. The standard InChI is InChI=1S/C13H19NS/c1-2-11-6-3-4-8-13(11)14-12-7-5-9-15-10-12/h3-4,6,8,12,14H,2,5,7,9-10H2,1H3/t12-/m0/s1. The average Bonchev–Trinajstić information content (AvgIpc) is 2.31. The van der Waals surface area contributed by atoms with Crippen LogP contribution < -0.4 is 5.32 Å². The van der Waals surface area contributed by atoms with Gasteiger partial charge in [-0.1, -0.05) is 25.1 Å². The number of hydrogen-bond donors (Lipinski definition) is 1. The Morgan fingerprint density at radius 2 is 2.27 bits per heavy atom. The molecule has 1 aliphatic rings. The molecule has 1 aromatic carbocycles. The van der Waals surface area contributed by atoms with Crippen LogP contribution in [0.1, 0.15) is 25.3 Å². The van der Waals surface area contributed by atoms with Gasteiger partial charge in [-0.2, -0.15) is 11.8 Å². The molecular weight excluding hydrogens is 202 g/mol. The fourth-order valence-electron chi connectivity index (χ4n) is 2.04. The average molecular weight is 221 g/mol. The van der Waals surface area contributed by atoms with Crippen molar-refractivity contribution in [2.24, 2.45) is 0 Å². The Kier molecular flexibility index (Phi) is 3.95. The molecule has 1 fully saturated rings. The van der Waals surface area contributed by atoms with Gasteiger partial charge in [0.25, 0.3) is 0 Å². The highest BCUT2D eigenvalue weighted by Crippen LogP contribution is 2.23. The molecule has 0 bridgehead atoms. The van der Waals surface area contributed by atoms with Gasteiger partial charge in [0.05, 0.1) is 0 Å². The predicted octanol–water partition coefficient (Wildman–Crippen LogP) is 3.56. The molecular formula is C13H19NS. The fraction of sp³-hybridized carbons (Fsp3) is 0.538. The van der Waals surface area contributed by atoms with E-state index in [1.165, 1.54) is 35.6 Å². The maximum Gasteiger partial charge on any atom is 0.0375 e. The van der Waals surface area contributed by atoms with Gasteiger partial charge < -0.3 is 5.32 Å². The van der Waals surface area contributed by atoms with Crippen LogP contribution in [-0.2, 0) is 6.42 Å². The van der Waals surface area contributed by atoms with Crippen LogP contribution in [0, 0.1) is 0 Å². The van der Waals surface area contributed by atoms with Crippen molar-refractivity contribution in [2.45, 2.75) is 32.2 Å². The normalized spacial score (nSPS) is 21.3. The van der Waals surface area contributed by atoms with Gasteiger partial charge in [0, 0.05) is 17.5 Å². The summed E-state index contributed by atoms with van der Waals surface area (Å²) in [6.07, 6.45) is 3.80. The first-order chi connectivity index (χ1) is 7.40. The summed E-state index contributed by atoms with van der Waals surface area (Å²) < 4.78 is 0. The summed E-state index contributed by atoms with van der Waals surface area (Å²) in [6, 6.07) is 9.35. The van der Waals surface area contributed by atoms with Gasteiger partial charge in [-0.3, -0.25) is 0 Å². The van der Waals surface area contributed by atoms with E-state index >= 15 is 0 Å². The SMILES string of the molecule is CCc1ccccc1N[C@H]1CCCSC1. The summed E-state index contributed by atoms with van der Waals surface area (Å²) in [5.41, 5.74) is 2.78. The third-order valence-corrected chi connectivity index (χ3v) is 4.13. The molecule has 1 aromatic rings. The molecule has 0 aliphatic carbocycles. The lowest BCUT2D eigenvalue weighted by molar-refractivity contribution is 0.684. The summed E-state index contributed by atoms with van der Waals surface area (Å²) in [5.74, 6) is 2.60. The van der Waals surface area contributed by atoms with Crippen LogP contribution >= 0.6 is 11.8 Å². The molecule has 1 saturated heterocycles. The highest BCUT2D eigenvalue weighted by molar-refractivity contribution is 7.99. The Hall–Kier alpha value is -0.630. The first-order valence-electron chi connectivity index (χ1n) is 5.82. The Morgan fingerprint density at radius 3 is 3.00 bits per heavy atom. The lowest BCUT2D eigenvalue weighted by Gasteiger charge is -2.24. The number of thioether (sulfide) groups is 1. The molecule has 2 heteroatoms. The van der Waals surface area contributed by atoms with Crippen molar-refractivity contribution < 1.29 is 0 Å². The largest absolute Gasteiger partial charge is 0.381 e. The zero-order valence-corrected chi connectivity index (χ0v) is 10.1. The van der Waals surface area contributed by atoms with Gasteiger partial charge in [-0.25, -0.2) is 0 Å². The molecule has 0 amide bonds. The van der Waals surface area contributed by atoms with Crippen molar-refractivity contribution in [1.29, 1.82) is 0 Å². The van der Waals surface area contributed by atoms with Crippen LogP contribution in [0.4, 0.5) is 5.69 Å². The zero-order valence-electron chi connectivity index (χ0n) is 9.33. The van der Waals surface area contributed by atoms with E-state index in [2.05, 4.69) is 48.3 Å². The van der Waals surface area contributed by atoms with Crippen LogP contribution in [0.2, 0.25) is 0 Å². The van der Waals surface area contributed by atoms with Crippen LogP contribution in [-0.4, -0.2) is 17.5 Å². The number of para-hydroxylation sites is 1. The number of rotatable bonds is 3. The summed E-state index contributed by atoms with van der Waals surface area (Å²) >= 11 is 2.07. The van der Waals surface area contributed by atoms with Crippen molar-refractivity contribution >= 4 is 17.4 Å². The minimum Gasteiger partial charge on any atom is -0.381 e. The summed E-state index contributed by atoms with van der Waals surface area (Å²) in [7, 11) is 0. The Morgan fingerprint density at radius 1 is 1.40 bits per heavy atom. The van der Waals surface area contributed by atoms with E-state index in [1.807, 2.05) is 0 Å². The van der Waals surface area contributed by atoms with E-state index in [9.17, 15) is 0 Å². The summed E-state index contributed by atoms with van der Waals surface area (Å²) in [6.45, 7) is 2.22. The molecule has 2 rings (SSSR count). The van der Waals surface area contributed by atoms with E-state index in [-0.39, 0.29) is 0 Å². The Bertz CT molecular complexity index is 305. The molecule has 0 aromatic heterocycles.